The van der Waals surface area contributed by atoms with E-state index in [9.17, 15) is 4.79 Å². The molecule has 0 bridgehead atoms. The number of rotatable bonds is 3. The van der Waals surface area contributed by atoms with Crippen LogP contribution in [0.25, 0.3) is 0 Å². The van der Waals surface area contributed by atoms with Gasteiger partial charge in [-0.3, -0.25) is 4.79 Å². The second kappa shape index (κ2) is 4.83. The molecule has 90 valence electrons. The van der Waals surface area contributed by atoms with Crippen molar-refractivity contribution in [2.75, 3.05) is 11.4 Å². The molecule has 1 aromatic rings. The van der Waals surface area contributed by atoms with Gasteiger partial charge in [0.1, 0.15) is 18.3 Å². The van der Waals surface area contributed by atoms with Gasteiger partial charge in [0.25, 0.3) is 0 Å². The Balaban J connectivity index is 3.13. The van der Waals surface area contributed by atoms with Crippen molar-refractivity contribution in [3.05, 3.63) is 24.0 Å². The maximum absolute atomic E-state index is 10.9. The molecule has 0 atom stereocenters. The molecule has 5 nitrogen and oxygen atoms in total. The molecule has 1 aromatic heterocycles. The minimum absolute atomic E-state index is 0.113. The monoisotopic (exact) mass is 233 g/mol. The third kappa shape index (κ3) is 3.45. The minimum Gasteiger partial charge on any atom is -0.480 e. The van der Waals surface area contributed by atoms with Crippen LogP contribution in [0.4, 0.5) is 5.69 Å². The maximum atomic E-state index is 10.9. The van der Waals surface area contributed by atoms with Gasteiger partial charge in [-0.15, -0.1) is 0 Å². The highest BCUT2D eigenvalue weighted by Crippen LogP contribution is 2.23. The number of aliphatic carboxylic acids is 1. The summed E-state index contributed by atoms with van der Waals surface area (Å²) in [5.74, 6) is -0.907. The molecule has 17 heavy (non-hydrogen) atoms. The lowest BCUT2D eigenvalue weighted by Gasteiger charge is -2.36. The molecular weight excluding hydrogens is 218 g/mol. The van der Waals surface area contributed by atoms with Gasteiger partial charge in [-0.2, -0.15) is 5.26 Å². The molecular formula is C12H15N3O2. The molecule has 0 spiro atoms. The first kappa shape index (κ1) is 13.0. The van der Waals surface area contributed by atoms with Crippen molar-refractivity contribution >= 4 is 11.7 Å². The first-order valence-electron chi connectivity index (χ1n) is 5.20. The van der Waals surface area contributed by atoms with Crippen molar-refractivity contribution in [3.63, 3.8) is 0 Å². The van der Waals surface area contributed by atoms with Crippen LogP contribution in [0.1, 0.15) is 26.5 Å². The highest BCUT2D eigenvalue weighted by atomic mass is 16.4. The first-order chi connectivity index (χ1) is 7.84. The van der Waals surface area contributed by atoms with E-state index in [4.69, 9.17) is 10.4 Å². The maximum Gasteiger partial charge on any atom is 0.323 e. The molecule has 0 fully saturated rings. The van der Waals surface area contributed by atoms with Gasteiger partial charge in [0.15, 0.2) is 0 Å². The predicted octanol–water partition coefficient (Wildman–Crippen LogP) is 1.64. The van der Waals surface area contributed by atoms with Gasteiger partial charge in [0.05, 0.1) is 0 Å². The molecule has 0 aromatic carbocycles. The minimum atomic E-state index is -0.907. The third-order valence-electron chi connectivity index (χ3n) is 2.27. The number of hydrogen-bond donors (Lipinski definition) is 1. The van der Waals surface area contributed by atoms with Crippen molar-refractivity contribution in [1.82, 2.24) is 4.98 Å². The lowest BCUT2D eigenvalue weighted by atomic mass is 10.0. The molecule has 0 radical (unpaired) electrons. The van der Waals surface area contributed by atoms with Crippen LogP contribution in [0.2, 0.25) is 0 Å². The van der Waals surface area contributed by atoms with Crippen LogP contribution in [0, 0.1) is 11.3 Å². The first-order valence-corrected chi connectivity index (χ1v) is 5.20. The summed E-state index contributed by atoms with van der Waals surface area (Å²) in [5, 5.41) is 17.7. The Morgan fingerprint density at radius 3 is 2.71 bits per heavy atom. The summed E-state index contributed by atoms with van der Waals surface area (Å²) in [6.45, 7) is 5.64. The van der Waals surface area contributed by atoms with Gasteiger partial charge < -0.3 is 10.0 Å². The van der Waals surface area contributed by atoms with Crippen molar-refractivity contribution in [2.45, 2.75) is 26.3 Å². The van der Waals surface area contributed by atoms with E-state index in [1.165, 1.54) is 6.20 Å². The van der Waals surface area contributed by atoms with Crippen molar-refractivity contribution in [3.8, 4) is 6.07 Å². The molecule has 0 aliphatic heterocycles. The summed E-state index contributed by atoms with van der Waals surface area (Å²) in [6.07, 6.45) is 1.51. The standard InChI is InChI=1S/C12H15N3O2/c1-12(2,3)15(8-11(16)17)10-4-5-14-9(6-10)7-13/h4-6H,8H2,1-3H3,(H,16,17). The van der Waals surface area contributed by atoms with Gasteiger partial charge >= 0.3 is 5.97 Å². The second-order valence-corrected chi connectivity index (χ2v) is 4.66. The average Bonchev–Trinajstić information content (AvgIpc) is 2.24. The third-order valence-corrected chi connectivity index (χ3v) is 2.27. The number of anilines is 1. The highest BCUT2D eigenvalue weighted by molar-refractivity contribution is 5.74. The van der Waals surface area contributed by atoms with E-state index in [-0.39, 0.29) is 17.8 Å². The summed E-state index contributed by atoms with van der Waals surface area (Å²) in [6, 6.07) is 5.24. The Kier molecular flexibility index (Phi) is 3.69. The van der Waals surface area contributed by atoms with Crippen LogP contribution in [0.3, 0.4) is 0 Å². The lowest BCUT2D eigenvalue weighted by Crippen LogP contribution is -2.44. The van der Waals surface area contributed by atoms with Gasteiger partial charge in [-0.05, 0) is 32.9 Å². The molecule has 5 heteroatoms. The van der Waals surface area contributed by atoms with Gasteiger partial charge in [-0.25, -0.2) is 4.98 Å². The fourth-order valence-corrected chi connectivity index (χ4v) is 1.50. The van der Waals surface area contributed by atoms with Crippen LogP contribution in [-0.4, -0.2) is 28.1 Å². The molecule has 1 N–H and O–H groups in total. The SMILES string of the molecule is CC(C)(C)N(CC(=O)O)c1ccnc(C#N)c1. The van der Waals surface area contributed by atoms with E-state index in [0.717, 1.165) is 0 Å². The molecule has 0 aliphatic carbocycles. The van der Waals surface area contributed by atoms with Crippen molar-refractivity contribution in [1.29, 1.82) is 5.26 Å². The van der Waals surface area contributed by atoms with Crippen LogP contribution < -0.4 is 4.90 Å². The average molecular weight is 233 g/mol. The molecule has 0 saturated heterocycles. The van der Waals surface area contributed by atoms with E-state index >= 15 is 0 Å². The highest BCUT2D eigenvalue weighted by Gasteiger charge is 2.24. The summed E-state index contributed by atoms with van der Waals surface area (Å²) >= 11 is 0. The Hall–Kier alpha value is -2.09. The zero-order chi connectivity index (χ0) is 13.1. The van der Waals surface area contributed by atoms with Gasteiger partial charge in [0.2, 0.25) is 0 Å². The Bertz CT molecular complexity index is 458. The zero-order valence-electron chi connectivity index (χ0n) is 10.1. The van der Waals surface area contributed by atoms with Crippen molar-refractivity contribution < 1.29 is 9.90 Å². The predicted molar refractivity (Wildman–Crippen MR) is 63.7 cm³/mol. The number of carboxylic acid groups (broad SMARTS) is 1. The van der Waals surface area contributed by atoms with Crippen LogP contribution in [0.5, 0.6) is 0 Å². The molecule has 0 amide bonds. The number of nitrogens with zero attached hydrogens (tertiary/aromatic N) is 3. The zero-order valence-corrected chi connectivity index (χ0v) is 10.1. The summed E-state index contributed by atoms with van der Waals surface area (Å²) in [7, 11) is 0. The van der Waals surface area contributed by atoms with E-state index in [0.29, 0.717) is 5.69 Å². The number of carbonyl (C=O) groups is 1. The normalized spacial score (nSPS) is 10.7. The number of nitriles is 1. The number of carboxylic acids is 1. The largest absolute Gasteiger partial charge is 0.480 e. The molecule has 0 saturated carbocycles. The summed E-state index contributed by atoms with van der Waals surface area (Å²) < 4.78 is 0. The Morgan fingerprint density at radius 1 is 1.59 bits per heavy atom. The van der Waals surface area contributed by atoms with E-state index in [1.54, 1.807) is 17.0 Å². The number of hydrogen-bond acceptors (Lipinski definition) is 4. The summed E-state index contributed by atoms with van der Waals surface area (Å²) in [5.41, 5.74) is 0.625. The number of pyridine rings is 1. The Morgan fingerprint density at radius 2 is 2.24 bits per heavy atom. The molecule has 0 unspecified atom stereocenters. The van der Waals surface area contributed by atoms with E-state index in [1.807, 2.05) is 26.8 Å². The van der Waals surface area contributed by atoms with Crippen LogP contribution in [-0.2, 0) is 4.79 Å². The topological polar surface area (TPSA) is 77.2 Å². The Labute approximate surface area is 100 Å². The second-order valence-electron chi connectivity index (χ2n) is 4.66. The fraction of sp³-hybridized carbons (Fsp3) is 0.417. The van der Waals surface area contributed by atoms with Crippen molar-refractivity contribution in [2.24, 2.45) is 0 Å². The smallest absolute Gasteiger partial charge is 0.323 e. The van der Waals surface area contributed by atoms with E-state index < -0.39 is 5.97 Å². The molecule has 1 heterocycles. The number of aromatic nitrogens is 1. The van der Waals surface area contributed by atoms with Gasteiger partial charge in [-0.1, -0.05) is 0 Å². The van der Waals surface area contributed by atoms with Crippen LogP contribution in [0.15, 0.2) is 18.3 Å². The fourth-order valence-electron chi connectivity index (χ4n) is 1.50. The molecule has 0 aliphatic rings. The lowest BCUT2D eigenvalue weighted by molar-refractivity contribution is -0.135. The van der Waals surface area contributed by atoms with Gasteiger partial charge in [0, 0.05) is 17.4 Å². The molecule has 1 rings (SSSR count). The van der Waals surface area contributed by atoms with Crippen LogP contribution >= 0.6 is 0 Å². The van der Waals surface area contributed by atoms with E-state index in [2.05, 4.69) is 4.98 Å². The summed E-state index contributed by atoms with van der Waals surface area (Å²) in [4.78, 5) is 16.4. The quantitative estimate of drug-likeness (QED) is 0.858.